The van der Waals surface area contributed by atoms with E-state index in [-0.39, 0.29) is 11.6 Å². The Labute approximate surface area is 113 Å². The van der Waals surface area contributed by atoms with Gasteiger partial charge in [0.1, 0.15) is 0 Å². The average Bonchev–Trinajstić information content (AvgIpc) is 2.30. The van der Waals surface area contributed by atoms with Crippen molar-refractivity contribution in [2.75, 3.05) is 18.9 Å². The van der Waals surface area contributed by atoms with E-state index in [4.69, 9.17) is 5.11 Å². The smallest absolute Gasteiger partial charge is 0.335 e. The molecule has 19 heavy (non-hydrogen) atoms. The Morgan fingerprint density at radius 3 is 2.47 bits per heavy atom. The molecule has 0 bridgehead atoms. The summed E-state index contributed by atoms with van der Waals surface area (Å²) < 4.78 is 0. The van der Waals surface area contributed by atoms with Crippen LogP contribution >= 0.6 is 0 Å². The first-order valence-electron chi connectivity index (χ1n) is 6.17. The Kier molecular flexibility index (Phi) is 4.92. The van der Waals surface area contributed by atoms with Crippen LogP contribution in [0.25, 0.3) is 0 Å². The number of carboxylic acids is 1. The van der Waals surface area contributed by atoms with Crippen molar-refractivity contribution in [1.29, 1.82) is 0 Å². The Morgan fingerprint density at radius 1 is 1.37 bits per heavy atom. The molecule has 0 aliphatic heterocycles. The number of aryl methyl sites for hydroxylation is 1. The summed E-state index contributed by atoms with van der Waals surface area (Å²) in [4.78, 5) is 24.3. The SMILES string of the molecule is Cc1cc(C(=O)O)ccc1NC(=O)N(C)CC(C)C. The van der Waals surface area contributed by atoms with Gasteiger partial charge < -0.3 is 15.3 Å². The van der Waals surface area contributed by atoms with Crippen LogP contribution in [0.4, 0.5) is 10.5 Å². The second kappa shape index (κ2) is 6.22. The molecule has 0 unspecified atom stereocenters. The van der Waals surface area contributed by atoms with Gasteiger partial charge >= 0.3 is 12.0 Å². The van der Waals surface area contributed by atoms with Crippen LogP contribution in [0, 0.1) is 12.8 Å². The van der Waals surface area contributed by atoms with Gasteiger partial charge in [0, 0.05) is 19.3 Å². The number of anilines is 1. The van der Waals surface area contributed by atoms with Crippen molar-refractivity contribution in [2.45, 2.75) is 20.8 Å². The highest BCUT2D eigenvalue weighted by atomic mass is 16.4. The normalized spacial score (nSPS) is 10.4. The van der Waals surface area contributed by atoms with Crippen LogP contribution in [0.3, 0.4) is 0 Å². The summed E-state index contributed by atoms with van der Waals surface area (Å²) in [5, 5.41) is 11.6. The van der Waals surface area contributed by atoms with E-state index in [9.17, 15) is 9.59 Å². The molecular weight excluding hydrogens is 244 g/mol. The van der Waals surface area contributed by atoms with Gasteiger partial charge in [-0.2, -0.15) is 0 Å². The predicted molar refractivity (Wildman–Crippen MR) is 74.6 cm³/mol. The topological polar surface area (TPSA) is 69.6 Å². The Hall–Kier alpha value is -2.04. The van der Waals surface area contributed by atoms with E-state index in [0.717, 1.165) is 5.56 Å². The molecule has 2 N–H and O–H groups in total. The summed E-state index contributed by atoms with van der Waals surface area (Å²) in [7, 11) is 1.73. The second-order valence-corrected chi connectivity index (χ2v) is 5.04. The van der Waals surface area contributed by atoms with Crippen LogP contribution in [-0.2, 0) is 0 Å². The summed E-state index contributed by atoms with van der Waals surface area (Å²) in [6.45, 7) is 6.51. The highest BCUT2D eigenvalue weighted by Crippen LogP contribution is 2.17. The molecule has 5 nitrogen and oxygen atoms in total. The van der Waals surface area contributed by atoms with Crippen LogP contribution < -0.4 is 5.32 Å². The number of aromatic carboxylic acids is 1. The lowest BCUT2D eigenvalue weighted by molar-refractivity contribution is 0.0697. The third kappa shape index (κ3) is 4.28. The number of rotatable bonds is 4. The van der Waals surface area contributed by atoms with E-state index < -0.39 is 5.97 Å². The third-order valence-corrected chi connectivity index (χ3v) is 2.70. The number of amides is 2. The van der Waals surface area contributed by atoms with Gasteiger partial charge in [0.05, 0.1) is 5.56 Å². The molecule has 104 valence electrons. The lowest BCUT2D eigenvalue weighted by Gasteiger charge is -2.20. The van der Waals surface area contributed by atoms with Crippen molar-refractivity contribution in [2.24, 2.45) is 5.92 Å². The summed E-state index contributed by atoms with van der Waals surface area (Å²) in [5.74, 6) is -0.580. The Bertz CT molecular complexity index is 484. The van der Waals surface area contributed by atoms with Crippen LogP contribution in [0.1, 0.15) is 29.8 Å². The van der Waals surface area contributed by atoms with Crippen molar-refractivity contribution in [1.82, 2.24) is 4.90 Å². The van der Waals surface area contributed by atoms with Crippen molar-refractivity contribution < 1.29 is 14.7 Å². The van der Waals surface area contributed by atoms with Crippen molar-refractivity contribution in [3.8, 4) is 0 Å². The fraction of sp³-hybridized carbons (Fsp3) is 0.429. The maximum atomic E-state index is 11.9. The summed E-state index contributed by atoms with van der Waals surface area (Å²) >= 11 is 0. The van der Waals surface area contributed by atoms with Crippen molar-refractivity contribution in [3.05, 3.63) is 29.3 Å². The third-order valence-electron chi connectivity index (χ3n) is 2.70. The number of hydrogen-bond acceptors (Lipinski definition) is 2. The van der Waals surface area contributed by atoms with E-state index in [0.29, 0.717) is 18.2 Å². The quantitative estimate of drug-likeness (QED) is 0.878. The minimum Gasteiger partial charge on any atom is -0.478 e. The molecule has 0 saturated carbocycles. The van der Waals surface area contributed by atoms with Gasteiger partial charge in [0.25, 0.3) is 0 Å². The number of nitrogens with one attached hydrogen (secondary N) is 1. The molecule has 0 aliphatic rings. The standard InChI is InChI=1S/C14H20N2O3/c1-9(2)8-16(4)14(19)15-12-6-5-11(13(17)18)7-10(12)3/h5-7,9H,8H2,1-4H3,(H,15,19)(H,17,18). The number of urea groups is 1. The molecule has 0 fully saturated rings. The molecular formula is C14H20N2O3. The Balaban J connectivity index is 2.77. The lowest BCUT2D eigenvalue weighted by atomic mass is 10.1. The lowest BCUT2D eigenvalue weighted by Crippen LogP contribution is -2.34. The zero-order valence-corrected chi connectivity index (χ0v) is 11.7. The zero-order valence-electron chi connectivity index (χ0n) is 11.7. The monoisotopic (exact) mass is 264 g/mol. The van der Waals surface area contributed by atoms with Gasteiger partial charge in [-0.3, -0.25) is 0 Å². The minimum atomic E-state index is -0.974. The van der Waals surface area contributed by atoms with Gasteiger partial charge in [-0.15, -0.1) is 0 Å². The molecule has 0 radical (unpaired) electrons. The molecule has 0 spiro atoms. The maximum Gasteiger partial charge on any atom is 0.335 e. The van der Waals surface area contributed by atoms with Crippen LogP contribution in [0.2, 0.25) is 0 Å². The van der Waals surface area contributed by atoms with E-state index in [1.54, 1.807) is 31.0 Å². The number of carboxylic acid groups (broad SMARTS) is 1. The molecule has 2 amide bonds. The molecule has 1 rings (SSSR count). The number of hydrogen-bond donors (Lipinski definition) is 2. The molecule has 0 saturated heterocycles. The van der Waals surface area contributed by atoms with E-state index in [1.807, 2.05) is 13.8 Å². The highest BCUT2D eigenvalue weighted by molar-refractivity contribution is 5.92. The summed E-state index contributed by atoms with van der Waals surface area (Å²) in [5.41, 5.74) is 1.57. The predicted octanol–water partition coefficient (Wildman–Crippen LogP) is 2.81. The van der Waals surface area contributed by atoms with Gasteiger partial charge in [-0.05, 0) is 36.6 Å². The second-order valence-electron chi connectivity index (χ2n) is 5.04. The molecule has 5 heteroatoms. The van der Waals surface area contributed by atoms with E-state index in [1.165, 1.54) is 6.07 Å². The van der Waals surface area contributed by atoms with Crippen LogP contribution in [-0.4, -0.2) is 35.6 Å². The van der Waals surface area contributed by atoms with Crippen molar-refractivity contribution >= 4 is 17.7 Å². The van der Waals surface area contributed by atoms with Crippen molar-refractivity contribution in [3.63, 3.8) is 0 Å². The number of carbonyl (C=O) groups excluding carboxylic acids is 1. The van der Waals surface area contributed by atoms with Gasteiger partial charge in [-0.25, -0.2) is 9.59 Å². The minimum absolute atomic E-state index is 0.195. The number of benzene rings is 1. The first-order valence-corrected chi connectivity index (χ1v) is 6.17. The van der Waals surface area contributed by atoms with Crippen LogP contribution in [0.15, 0.2) is 18.2 Å². The van der Waals surface area contributed by atoms with Gasteiger partial charge in [0.2, 0.25) is 0 Å². The zero-order chi connectivity index (χ0) is 14.6. The summed E-state index contributed by atoms with van der Waals surface area (Å²) in [6, 6.07) is 4.44. The first kappa shape index (κ1) is 15.0. The molecule has 1 aromatic carbocycles. The molecule has 0 heterocycles. The summed E-state index contributed by atoms with van der Waals surface area (Å²) in [6.07, 6.45) is 0. The highest BCUT2D eigenvalue weighted by Gasteiger charge is 2.12. The molecule has 0 aliphatic carbocycles. The van der Waals surface area contributed by atoms with E-state index >= 15 is 0 Å². The number of nitrogens with zero attached hydrogens (tertiary/aromatic N) is 1. The average molecular weight is 264 g/mol. The van der Waals surface area contributed by atoms with Gasteiger partial charge in [0.15, 0.2) is 0 Å². The fourth-order valence-corrected chi connectivity index (χ4v) is 1.78. The van der Waals surface area contributed by atoms with E-state index in [2.05, 4.69) is 5.32 Å². The first-order chi connectivity index (χ1) is 8.81. The Morgan fingerprint density at radius 2 is 2.00 bits per heavy atom. The fourth-order valence-electron chi connectivity index (χ4n) is 1.78. The largest absolute Gasteiger partial charge is 0.478 e. The number of carbonyl (C=O) groups is 2. The maximum absolute atomic E-state index is 11.9. The molecule has 0 atom stereocenters. The van der Waals surface area contributed by atoms with Gasteiger partial charge in [-0.1, -0.05) is 13.8 Å². The molecule has 0 aromatic heterocycles. The molecule has 1 aromatic rings. The van der Waals surface area contributed by atoms with Crippen LogP contribution in [0.5, 0.6) is 0 Å².